The topological polar surface area (TPSA) is 0 Å². The van der Waals surface area contributed by atoms with Crippen molar-refractivity contribution >= 4 is 11.8 Å². The summed E-state index contributed by atoms with van der Waals surface area (Å²) >= 11 is 0.734. The highest BCUT2D eigenvalue weighted by Crippen LogP contribution is 2.32. The molecule has 100 valence electrons. The predicted octanol–water partition coefficient (Wildman–Crippen LogP) is 4.84. The summed E-state index contributed by atoms with van der Waals surface area (Å²) in [4.78, 5) is -0.621. The molecule has 0 unspecified atom stereocenters. The Kier molecular flexibility index (Phi) is 4.14. The first-order valence-corrected chi connectivity index (χ1v) is 6.50. The maximum Gasteiger partial charge on any atom is 0.175 e. The van der Waals surface area contributed by atoms with Crippen LogP contribution >= 0.6 is 11.8 Å². The molecule has 0 aliphatic rings. The third kappa shape index (κ3) is 2.76. The van der Waals surface area contributed by atoms with E-state index in [9.17, 15) is 17.6 Å². The standard InChI is InChI=1S/C14H10F4S/c1-8-10(15)12(17)14(13(18)11(8)16)19-7-9-5-3-2-4-6-9/h2-6H,7H2,1H3. The average molecular weight is 286 g/mol. The monoisotopic (exact) mass is 286 g/mol. The number of benzene rings is 2. The Morgan fingerprint density at radius 1 is 0.842 bits per heavy atom. The molecule has 5 heteroatoms. The minimum atomic E-state index is -1.34. The summed E-state index contributed by atoms with van der Waals surface area (Å²) in [6.45, 7) is 1.00. The van der Waals surface area contributed by atoms with E-state index in [4.69, 9.17) is 0 Å². The van der Waals surface area contributed by atoms with E-state index in [0.717, 1.165) is 24.2 Å². The van der Waals surface area contributed by atoms with E-state index >= 15 is 0 Å². The van der Waals surface area contributed by atoms with Crippen molar-refractivity contribution in [1.82, 2.24) is 0 Å². The first kappa shape index (κ1) is 13.9. The van der Waals surface area contributed by atoms with Crippen molar-refractivity contribution in [3.63, 3.8) is 0 Å². The van der Waals surface area contributed by atoms with Crippen molar-refractivity contribution in [3.8, 4) is 0 Å². The molecule has 0 aromatic heterocycles. The van der Waals surface area contributed by atoms with Crippen molar-refractivity contribution in [2.24, 2.45) is 0 Å². The second kappa shape index (κ2) is 5.65. The van der Waals surface area contributed by atoms with Crippen LogP contribution in [0.1, 0.15) is 11.1 Å². The molecule has 2 aromatic rings. The van der Waals surface area contributed by atoms with Gasteiger partial charge < -0.3 is 0 Å². The summed E-state index contributed by atoms with van der Waals surface area (Å²) in [5.74, 6) is -5.12. The molecule has 0 N–H and O–H groups in total. The van der Waals surface area contributed by atoms with Gasteiger partial charge in [-0.1, -0.05) is 30.3 Å². The number of rotatable bonds is 3. The molecule has 0 saturated heterocycles. The summed E-state index contributed by atoms with van der Waals surface area (Å²) in [5.41, 5.74) is 0.173. The van der Waals surface area contributed by atoms with E-state index < -0.39 is 33.7 Å². The zero-order chi connectivity index (χ0) is 14.0. The lowest BCUT2D eigenvalue weighted by molar-refractivity contribution is 0.418. The van der Waals surface area contributed by atoms with Gasteiger partial charge in [-0.25, -0.2) is 17.6 Å². The highest BCUT2D eigenvalue weighted by atomic mass is 32.2. The Bertz CT molecular complexity index is 567. The smallest absolute Gasteiger partial charge is 0.175 e. The van der Waals surface area contributed by atoms with Crippen LogP contribution in [0.25, 0.3) is 0 Å². The van der Waals surface area contributed by atoms with E-state index in [1.165, 1.54) is 0 Å². The van der Waals surface area contributed by atoms with Crippen LogP contribution in [-0.4, -0.2) is 0 Å². The molecule has 0 amide bonds. The molecule has 0 nitrogen and oxygen atoms in total. The zero-order valence-electron chi connectivity index (χ0n) is 10.0. The van der Waals surface area contributed by atoms with Crippen molar-refractivity contribution in [1.29, 1.82) is 0 Å². The van der Waals surface area contributed by atoms with Crippen LogP contribution < -0.4 is 0 Å². The molecular formula is C14H10F4S. The van der Waals surface area contributed by atoms with Crippen LogP contribution in [0.2, 0.25) is 0 Å². The third-order valence-electron chi connectivity index (χ3n) is 2.67. The van der Waals surface area contributed by atoms with Gasteiger partial charge in [0.25, 0.3) is 0 Å². The van der Waals surface area contributed by atoms with Crippen molar-refractivity contribution in [3.05, 3.63) is 64.7 Å². The largest absolute Gasteiger partial charge is 0.203 e. The summed E-state index contributed by atoms with van der Waals surface area (Å²) in [7, 11) is 0. The van der Waals surface area contributed by atoms with Crippen LogP contribution in [-0.2, 0) is 5.75 Å². The number of halogens is 4. The van der Waals surface area contributed by atoms with Gasteiger partial charge in [-0.2, -0.15) is 0 Å². The average Bonchev–Trinajstić information content (AvgIpc) is 2.44. The number of hydrogen-bond acceptors (Lipinski definition) is 1. The fourth-order valence-electron chi connectivity index (χ4n) is 1.58. The normalized spacial score (nSPS) is 10.8. The Hall–Kier alpha value is -1.49. The molecule has 0 aliphatic heterocycles. The summed E-state index contributed by atoms with van der Waals surface area (Å²) in [6, 6.07) is 8.89. The van der Waals surface area contributed by atoms with Crippen LogP contribution in [0.4, 0.5) is 17.6 Å². The molecule has 0 atom stereocenters. The van der Waals surface area contributed by atoms with E-state index in [0.29, 0.717) is 0 Å². The lowest BCUT2D eigenvalue weighted by atomic mass is 10.2. The van der Waals surface area contributed by atoms with E-state index in [1.54, 1.807) is 30.3 Å². The molecule has 2 rings (SSSR count). The highest BCUT2D eigenvalue weighted by molar-refractivity contribution is 7.98. The summed E-state index contributed by atoms with van der Waals surface area (Å²) < 4.78 is 53.9. The van der Waals surface area contributed by atoms with Crippen LogP contribution in [0.15, 0.2) is 35.2 Å². The molecule has 2 aromatic carbocycles. The van der Waals surface area contributed by atoms with Crippen molar-refractivity contribution in [2.75, 3.05) is 0 Å². The van der Waals surface area contributed by atoms with E-state index in [1.807, 2.05) is 0 Å². The minimum absolute atomic E-state index is 0.233. The van der Waals surface area contributed by atoms with Crippen LogP contribution in [0.3, 0.4) is 0 Å². The zero-order valence-corrected chi connectivity index (χ0v) is 10.8. The quantitative estimate of drug-likeness (QED) is 0.442. The lowest BCUT2D eigenvalue weighted by Gasteiger charge is -2.09. The molecule has 0 fully saturated rings. The molecule has 0 radical (unpaired) electrons. The van der Waals surface area contributed by atoms with Gasteiger partial charge in [-0.05, 0) is 12.5 Å². The van der Waals surface area contributed by atoms with Gasteiger partial charge in [0.2, 0.25) is 0 Å². The molecule has 0 bridgehead atoms. The maximum absolute atomic E-state index is 13.6. The Labute approximate surface area is 112 Å². The fourth-order valence-corrected chi connectivity index (χ4v) is 2.51. The fraction of sp³-hybridized carbons (Fsp3) is 0.143. The summed E-state index contributed by atoms with van der Waals surface area (Å²) in [5, 5.41) is 0. The predicted molar refractivity (Wildman–Crippen MR) is 67.0 cm³/mol. The van der Waals surface area contributed by atoms with Gasteiger partial charge in [-0.15, -0.1) is 11.8 Å². The Morgan fingerprint density at radius 3 is 1.89 bits per heavy atom. The SMILES string of the molecule is Cc1c(F)c(F)c(SCc2ccccc2)c(F)c1F. The van der Waals surface area contributed by atoms with Crippen molar-refractivity contribution in [2.45, 2.75) is 17.6 Å². The van der Waals surface area contributed by atoms with Gasteiger partial charge in [0.15, 0.2) is 23.3 Å². The second-order valence-corrected chi connectivity index (χ2v) is 4.97. The van der Waals surface area contributed by atoms with Crippen molar-refractivity contribution < 1.29 is 17.6 Å². The van der Waals surface area contributed by atoms with Crippen LogP contribution in [0, 0.1) is 30.2 Å². The number of thioether (sulfide) groups is 1. The maximum atomic E-state index is 13.6. The molecule has 19 heavy (non-hydrogen) atoms. The Balaban J connectivity index is 2.31. The van der Waals surface area contributed by atoms with E-state index in [-0.39, 0.29) is 5.75 Å². The molecule has 0 spiro atoms. The number of hydrogen-bond donors (Lipinski definition) is 0. The lowest BCUT2D eigenvalue weighted by Crippen LogP contribution is -2.02. The molecular weight excluding hydrogens is 276 g/mol. The highest BCUT2D eigenvalue weighted by Gasteiger charge is 2.23. The molecule has 0 saturated carbocycles. The first-order valence-electron chi connectivity index (χ1n) is 5.51. The first-order chi connectivity index (χ1) is 9.02. The Morgan fingerprint density at radius 2 is 1.37 bits per heavy atom. The molecule has 0 heterocycles. The third-order valence-corrected chi connectivity index (χ3v) is 3.79. The van der Waals surface area contributed by atoms with Gasteiger partial charge in [0.1, 0.15) is 0 Å². The second-order valence-electron chi connectivity index (χ2n) is 3.98. The minimum Gasteiger partial charge on any atom is -0.203 e. The van der Waals surface area contributed by atoms with Crippen LogP contribution in [0.5, 0.6) is 0 Å². The van der Waals surface area contributed by atoms with Gasteiger partial charge >= 0.3 is 0 Å². The summed E-state index contributed by atoms with van der Waals surface area (Å²) in [6.07, 6.45) is 0. The molecule has 0 aliphatic carbocycles. The van der Waals surface area contributed by atoms with E-state index in [2.05, 4.69) is 0 Å². The van der Waals surface area contributed by atoms with Gasteiger partial charge in [0, 0.05) is 11.3 Å². The van der Waals surface area contributed by atoms with Gasteiger partial charge in [-0.3, -0.25) is 0 Å². The van der Waals surface area contributed by atoms with Gasteiger partial charge in [0.05, 0.1) is 4.90 Å².